The maximum Gasteiger partial charge on any atom is 0.339 e. The van der Waals surface area contributed by atoms with Crippen LogP contribution in [0.25, 0.3) is 0 Å². The second-order valence-corrected chi connectivity index (χ2v) is 13.5. The normalized spacial score (nSPS) is 12.4. The van der Waals surface area contributed by atoms with Crippen LogP contribution < -0.4 is 0 Å². The fourth-order valence-electron chi connectivity index (χ4n) is 2.40. The standard InChI is InChI=1S/C8H7NS.C6H20N2O12P4.Tc/c10-7-9-6-8-4-2-1-3-5-8;9-21(10,11)3-7(4-22(12,13)14)1-2-8(5-23(15,16)17)6-24(18,19)20;/h1-5H,6H2;1-6H2,(H2,9,10,11)(H2,12,13,14)(H2,15,16,17)(H2,18,19,20);/i;;1+1. The van der Waals surface area contributed by atoms with Crippen LogP contribution in [0.5, 0.6) is 0 Å². The second kappa shape index (κ2) is 16.9. The van der Waals surface area contributed by atoms with E-state index in [4.69, 9.17) is 39.1 Å². The summed E-state index contributed by atoms with van der Waals surface area (Å²) in [6, 6.07) is 9.96. The van der Waals surface area contributed by atoms with E-state index in [1.807, 2.05) is 30.3 Å². The summed E-state index contributed by atoms with van der Waals surface area (Å²) in [7, 11) is -18.8. The number of thiocarbonyl (C=S) groups is 1. The molecule has 0 amide bonds. The molecule has 0 aliphatic heterocycles. The predicted octanol–water partition coefficient (Wildman–Crippen LogP) is 0.418. The molecule has 1 aromatic carbocycles. The molecule has 15 nitrogen and oxygen atoms in total. The Labute approximate surface area is 220 Å². The van der Waals surface area contributed by atoms with E-state index in [0.29, 0.717) is 16.3 Å². The molecule has 0 saturated heterocycles. The number of benzene rings is 1. The van der Waals surface area contributed by atoms with Gasteiger partial charge in [0, 0.05) is 33.2 Å². The van der Waals surface area contributed by atoms with Crippen molar-refractivity contribution in [3.63, 3.8) is 0 Å². The molecule has 203 valence electrons. The number of hydrogen-bond acceptors (Lipinski definition) is 8. The van der Waals surface area contributed by atoms with Crippen molar-refractivity contribution in [3.8, 4) is 0 Å². The van der Waals surface area contributed by atoms with Crippen molar-refractivity contribution in [1.82, 2.24) is 9.80 Å². The summed E-state index contributed by atoms with van der Waals surface area (Å²) < 4.78 is 43.9. The van der Waals surface area contributed by atoms with Gasteiger partial charge in [-0.3, -0.25) is 28.1 Å². The maximum atomic E-state index is 11.0. The van der Waals surface area contributed by atoms with E-state index in [9.17, 15) is 18.3 Å². The molecule has 0 spiro atoms. The van der Waals surface area contributed by atoms with Gasteiger partial charge in [-0.05, 0) is 17.8 Å². The fourth-order valence-corrected chi connectivity index (χ4v) is 5.83. The summed E-state index contributed by atoms with van der Waals surface area (Å²) in [6.45, 7) is -0.364. The Balaban J connectivity index is 0. The summed E-state index contributed by atoms with van der Waals surface area (Å²) >= 11 is 4.43. The number of isothiocyanates is 1. The molecule has 0 aliphatic rings. The zero-order valence-corrected chi connectivity index (χ0v) is 24.2. The smallest absolute Gasteiger partial charge is 0.324 e. The minimum absolute atomic E-state index is 0. The van der Waals surface area contributed by atoms with E-state index >= 15 is 0 Å². The first kappa shape index (κ1) is 37.3. The molecule has 0 heterocycles. The van der Waals surface area contributed by atoms with Crippen molar-refractivity contribution in [2.75, 3.05) is 38.2 Å². The first-order valence-electron chi connectivity index (χ1n) is 9.00. The average Bonchev–Trinajstić information content (AvgIpc) is 2.60. The molecule has 21 heteroatoms. The molecule has 35 heavy (non-hydrogen) atoms. The Morgan fingerprint density at radius 3 is 1.26 bits per heavy atom. The second-order valence-electron chi connectivity index (χ2n) is 6.91. The van der Waals surface area contributed by atoms with E-state index in [2.05, 4.69) is 22.4 Å². The van der Waals surface area contributed by atoms with E-state index < -0.39 is 68.6 Å². The Hall–Kier alpha value is 0.189. The van der Waals surface area contributed by atoms with E-state index in [-0.39, 0.29) is 20.1 Å². The van der Waals surface area contributed by atoms with Gasteiger partial charge in [0.2, 0.25) is 0 Å². The average molecular weight is 684 g/mol. The molecule has 0 saturated carbocycles. The van der Waals surface area contributed by atoms with Crippen molar-refractivity contribution in [2.24, 2.45) is 4.99 Å². The van der Waals surface area contributed by atoms with Crippen molar-refractivity contribution in [3.05, 3.63) is 35.9 Å². The Bertz CT molecular complexity index is 891. The molecule has 0 aliphatic carbocycles. The molecule has 0 fully saturated rings. The molecule has 0 unspecified atom stereocenters. The van der Waals surface area contributed by atoms with Crippen LogP contribution in [0.15, 0.2) is 35.3 Å². The van der Waals surface area contributed by atoms with Gasteiger partial charge in [-0.25, -0.2) is 4.99 Å². The van der Waals surface area contributed by atoms with Crippen LogP contribution in [-0.2, 0) is 44.9 Å². The van der Waals surface area contributed by atoms with Crippen LogP contribution in [0, 0.1) is 0 Å². The Morgan fingerprint density at radius 1 is 0.686 bits per heavy atom. The molecule has 1 radical (unpaired) electrons. The maximum absolute atomic E-state index is 11.0. The van der Waals surface area contributed by atoms with Crippen LogP contribution >= 0.6 is 42.6 Å². The Morgan fingerprint density at radius 2 is 1.00 bits per heavy atom. The summed E-state index contributed by atoms with van der Waals surface area (Å²) in [6.07, 6.45) is -4.18. The van der Waals surface area contributed by atoms with Gasteiger partial charge in [0.15, 0.2) is 0 Å². The quantitative estimate of drug-likeness (QED) is 0.0797. The molecule has 1 aromatic rings. The third-order valence-electron chi connectivity index (χ3n) is 3.44. The van der Waals surface area contributed by atoms with Crippen LogP contribution in [0.1, 0.15) is 5.56 Å². The fraction of sp³-hybridized carbons (Fsp3) is 0.500. The van der Waals surface area contributed by atoms with E-state index in [1.165, 1.54) is 5.56 Å². The number of rotatable bonds is 13. The molecule has 0 aromatic heterocycles. The molecule has 0 bridgehead atoms. The van der Waals surface area contributed by atoms with Crippen molar-refractivity contribution in [1.29, 1.82) is 0 Å². The van der Waals surface area contributed by atoms with Gasteiger partial charge in [-0.2, -0.15) is 0 Å². The molecular weight excluding hydrogens is 657 g/mol. The van der Waals surface area contributed by atoms with E-state index in [1.54, 1.807) is 0 Å². The molecule has 8 N–H and O–H groups in total. The predicted molar refractivity (Wildman–Crippen MR) is 126 cm³/mol. The minimum Gasteiger partial charge on any atom is -0.324 e. The van der Waals surface area contributed by atoms with Gasteiger partial charge < -0.3 is 39.1 Å². The summed E-state index contributed by atoms with van der Waals surface area (Å²) in [5, 5.41) is 2.32. The number of nitrogens with zero attached hydrogens (tertiary/aromatic N) is 3. The van der Waals surface area contributed by atoms with Crippen molar-refractivity contribution in [2.45, 2.75) is 6.54 Å². The third-order valence-corrected chi connectivity index (χ3v) is 6.64. The molecule has 0 atom stereocenters. The van der Waals surface area contributed by atoms with Crippen molar-refractivity contribution < 1.29 is 77.5 Å². The van der Waals surface area contributed by atoms with Gasteiger partial charge in [-0.15, -0.1) is 0 Å². The third kappa shape index (κ3) is 25.6. The summed E-state index contributed by atoms with van der Waals surface area (Å²) in [5.41, 5.74) is 1.17. The first-order chi connectivity index (χ1) is 15.3. The SMILES string of the molecule is O=P(O)(O)CN(CCN(CP(=O)(O)O)CP(=O)(O)O)CP(=O)(O)O.S=C=NCc1ccccc1.[99Tc]. The van der Waals surface area contributed by atoms with Crippen LogP contribution in [-0.4, -0.2) is 92.3 Å². The topological polar surface area (TPSA) is 249 Å². The van der Waals surface area contributed by atoms with Gasteiger partial charge in [0.1, 0.15) is 25.1 Å². The zero-order valence-electron chi connectivity index (χ0n) is 18.0. The Kier molecular flexibility index (Phi) is 18.0. The van der Waals surface area contributed by atoms with Crippen LogP contribution in [0.2, 0.25) is 0 Å². The summed E-state index contributed by atoms with van der Waals surface area (Å²) in [4.78, 5) is 76.1. The van der Waals surface area contributed by atoms with Crippen LogP contribution in [0.3, 0.4) is 0 Å². The van der Waals surface area contributed by atoms with Gasteiger partial charge in [-0.1, -0.05) is 30.3 Å². The summed E-state index contributed by atoms with van der Waals surface area (Å²) in [5.74, 6) is 0. The van der Waals surface area contributed by atoms with Crippen LogP contribution in [0.4, 0.5) is 0 Å². The van der Waals surface area contributed by atoms with Gasteiger partial charge in [0.25, 0.3) is 0 Å². The number of aliphatic imine (C=N–C) groups is 1. The monoisotopic (exact) mass is 684 g/mol. The molecular formula is C14H27N3O12P4STc. The number of hydrogen-bond donors (Lipinski definition) is 8. The van der Waals surface area contributed by atoms with E-state index in [0.717, 1.165) is 0 Å². The zero-order chi connectivity index (χ0) is 26.6. The largest absolute Gasteiger partial charge is 0.339 e. The van der Waals surface area contributed by atoms with Gasteiger partial charge >= 0.3 is 30.4 Å². The minimum atomic E-state index is -4.69. The molecule has 1 rings (SSSR count). The first-order valence-corrected chi connectivity index (χ1v) is 16.6. The van der Waals surface area contributed by atoms with Crippen molar-refractivity contribution >= 4 is 47.8 Å². The van der Waals surface area contributed by atoms with Gasteiger partial charge in [0.05, 0.1) is 11.7 Å².